The number of benzene rings is 2. The molecule has 3 rings (SSSR count). The lowest BCUT2D eigenvalue weighted by Gasteiger charge is -2.17. The van der Waals surface area contributed by atoms with Crippen LogP contribution in [-0.4, -0.2) is 0 Å². The highest BCUT2D eigenvalue weighted by molar-refractivity contribution is 5.72. The highest BCUT2D eigenvalue weighted by Crippen LogP contribution is 2.46. The van der Waals surface area contributed by atoms with E-state index in [-0.39, 0.29) is 0 Å². The molecule has 0 saturated heterocycles. The third kappa shape index (κ3) is 2.23. The lowest BCUT2D eigenvalue weighted by Crippen LogP contribution is -2.04. The molecule has 0 bridgehead atoms. The van der Waals surface area contributed by atoms with Crippen LogP contribution in [0.3, 0.4) is 0 Å². The Bertz CT molecular complexity index is 578. The second kappa shape index (κ2) is 5.05. The zero-order valence-corrected chi connectivity index (χ0v) is 11.6. The van der Waals surface area contributed by atoms with Crippen LogP contribution in [0.2, 0.25) is 0 Å². The first kappa shape index (κ1) is 12.2. The summed E-state index contributed by atoms with van der Waals surface area (Å²) in [5, 5.41) is 0. The fourth-order valence-corrected chi connectivity index (χ4v) is 3.23. The van der Waals surface area contributed by atoms with Crippen LogP contribution in [0, 0.1) is 5.92 Å². The molecule has 0 aromatic heterocycles. The third-order valence-corrected chi connectivity index (χ3v) is 4.54. The van der Waals surface area contributed by atoms with Gasteiger partial charge in [0.25, 0.3) is 0 Å². The Kier molecular flexibility index (Phi) is 3.25. The average Bonchev–Trinajstić information content (AvgIpc) is 2.77. The maximum atomic E-state index is 2.36. The van der Waals surface area contributed by atoms with Crippen molar-refractivity contribution in [2.75, 3.05) is 0 Å². The van der Waals surface area contributed by atoms with Gasteiger partial charge in [0.1, 0.15) is 0 Å². The Balaban J connectivity index is 1.93. The van der Waals surface area contributed by atoms with Crippen LogP contribution < -0.4 is 0 Å². The lowest BCUT2D eigenvalue weighted by molar-refractivity contribution is 0.568. The van der Waals surface area contributed by atoms with E-state index >= 15 is 0 Å². The van der Waals surface area contributed by atoms with E-state index in [0.717, 1.165) is 0 Å². The van der Waals surface area contributed by atoms with E-state index in [1.54, 1.807) is 11.1 Å². The normalized spacial score (nSPS) is 22.8. The molecular formula is C19H20. The Labute approximate surface area is 115 Å². The fourth-order valence-electron chi connectivity index (χ4n) is 3.23. The van der Waals surface area contributed by atoms with Crippen LogP contribution in [0.25, 0.3) is 5.57 Å². The van der Waals surface area contributed by atoms with Crippen LogP contribution in [0.5, 0.6) is 0 Å². The summed E-state index contributed by atoms with van der Waals surface area (Å²) in [4.78, 5) is 0. The second-order valence-electron chi connectivity index (χ2n) is 5.54. The predicted molar refractivity (Wildman–Crippen MR) is 82.0 cm³/mol. The SMILES string of the molecule is CC1=C(c2ccccc2)CC(c2ccccc2)C1C. The molecule has 2 unspecified atom stereocenters. The molecule has 2 atom stereocenters. The van der Waals surface area contributed by atoms with Crippen molar-refractivity contribution in [3.05, 3.63) is 77.4 Å². The molecule has 0 nitrogen and oxygen atoms in total. The molecule has 0 heteroatoms. The summed E-state index contributed by atoms with van der Waals surface area (Å²) in [5.41, 5.74) is 5.97. The quantitative estimate of drug-likeness (QED) is 0.678. The topological polar surface area (TPSA) is 0 Å². The molecule has 96 valence electrons. The lowest BCUT2D eigenvalue weighted by atomic mass is 9.87. The van der Waals surface area contributed by atoms with Crippen molar-refractivity contribution in [3.8, 4) is 0 Å². The van der Waals surface area contributed by atoms with Crippen molar-refractivity contribution < 1.29 is 0 Å². The summed E-state index contributed by atoms with van der Waals surface area (Å²) in [5.74, 6) is 1.27. The highest BCUT2D eigenvalue weighted by Gasteiger charge is 2.30. The maximum Gasteiger partial charge on any atom is -0.00582 e. The fraction of sp³-hybridized carbons (Fsp3) is 0.263. The zero-order chi connectivity index (χ0) is 13.2. The van der Waals surface area contributed by atoms with Gasteiger partial charge in [-0.05, 0) is 41.9 Å². The van der Waals surface area contributed by atoms with Crippen molar-refractivity contribution >= 4 is 5.57 Å². The van der Waals surface area contributed by atoms with E-state index in [1.165, 1.54) is 17.5 Å². The summed E-state index contributed by atoms with van der Waals surface area (Å²) in [6.07, 6.45) is 1.17. The minimum Gasteiger partial charge on any atom is -0.0661 e. The van der Waals surface area contributed by atoms with Gasteiger partial charge in [0, 0.05) is 0 Å². The molecule has 0 N–H and O–H groups in total. The summed E-state index contributed by atoms with van der Waals surface area (Å²) in [6, 6.07) is 21.8. The number of hydrogen-bond acceptors (Lipinski definition) is 0. The minimum atomic E-state index is 0.636. The molecule has 0 fully saturated rings. The Morgan fingerprint density at radius 2 is 1.42 bits per heavy atom. The third-order valence-electron chi connectivity index (χ3n) is 4.54. The number of allylic oxidation sites excluding steroid dienone is 2. The first-order chi connectivity index (χ1) is 9.27. The van der Waals surface area contributed by atoms with Gasteiger partial charge in [-0.15, -0.1) is 0 Å². The summed E-state index contributed by atoms with van der Waals surface area (Å²) >= 11 is 0. The van der Waals surface area contributed by atoms with Crippen molar-refractivity contribution in [2.45, 2.75) is 26.2 Å². The van der Waals surface area contributed by atoms with Crippen molar-refractivity contribution in [1.82, 2.24) is 0 Å². The molecule has 0 amide bonds. The molecule has 0 aliphatic heterocycles. The van der Waals surface area contributed by atoms with E-state index in [0.29, 0.717) is 11.8 Å². The molecule has 1 aliphatic rings. The van der Waals surface area contributed by atoms with Gasteiger partial charge in [0.15, 0.2) is 0 Å². The van der Waals surface area contributed by atoms with E-state index in [4.69, 9.17) is 0 Å². The van der Waals surface area contributed by atoms with Crippen molar-refractivity contribution in [1.29, 1.82) is 0 Å². The van der Waals surface area contributed by atoms with E-state index in [2.05, 4.69) is 74.5 Å². The van der Waals surface area contributed by atoms with Gasteiger partial charge in [-0.25, -0.2) is 0 Å². The smallest absolute Gasteiger partial charge is 0.00582 e. The standard InChI is InChI=1S/C19H20/c1-14-15(2)19(17-11-7-4-8-12-17)13-18(14)16-9-5-3-6-10-16/h3-12,14,18H,13H2,1-2H3. The molecule has 0 radical (unpaired) electrons. The first-order valence-electron chi connectivity index (χ1n) is 7.07. The summed E-state index contributed by atoms with van der Waals surface area (Å²) in [6.45, 7) is 4.67. The van der Waals surface area contributed by atoms with Crippen molar-refractivity contribution in [2.24, 2.45) is 5.92 Å². The second-order valence-corrected chi connectivity index (χ2v) is 5.54. The summed E-state index contributed by atoms with van der Waals surface area (Å²) < 4.78 is 0. The van der Waals surface area contributed by atoms with Gasteiger partial charge in [-0.1, -0.05) is 73.2 Å². The zero-order valence-electron chi connectivity index (χ0n) is 11.6. The molecule has 0 saturated carbocycles. The molecule has 2 aromatic rings. The van der Waals surface area contributed by atoms with Crippen molar-refractivity contribution in [3.63, 3.8) is 0 Å². The Morgan fingerprint density at radius 3 is 2.05 bits per heavy atom. The van der Waals surface area contributed by atoms with Gasteiger partial charge >= 0.3 is 0 Å². The van der Waals surface area contributed by atoms with Gasteiger partial charge in [0.2, 0.25) is 0 Å². The van der Waals surface area contributed by atoms with Crippen LogP contribution in [-0.2, 0) is 0 Å². The van der Waals surface area contributed by atoms with Crippen LogP contribution in [0.15, 0.2) is 66.2 Å². The molecule has 0 spiro atoms. The number of rotatable bonds is 2. The molecule has 19 heavy (non-hydrogen) atoms. The van der Waals surface area contributed by atoms with Crippen LogP contribution in [0.1, 0.15) is 37.3 Å². The van der Waals surface area contributed by atoms with Gasteiger partial charge in [-0.2, -0.15) is 0 Å². The van der Waals surface area contributed by atoms with Gasteiger partial charge < -0.3 is 0 Å². The van der Waals surface area contributed by atoms with Crippen LogP contribution >= 0.6 is 0 Å². The molecule has 2 aromatic carbocycles. The molecule has 1 aliphatic carbocycles. The van der Waals surface area contributed by atoms with Gasteiger partial charge in [0.05, 0.1) is 0 Å². The largest absolute Gasteiger partial charge is 0.0661 e. The average molecular weight is 248 g/mol. The molecule has 0 heterocycles. The van der Waals surface area contributed by atoms with E-state index in [1.807, 2.05) is 0 Å². The van der Waals surface area contributed by atoms with E-state index < -0.39 is 0 Å². The first-order valence-corrected chi connectivity index (χ1v) is 7.07. The predicted octanol–water partition coefficient (Wildman–Crippen LogP) is 5.28. The highest BCUT2D eigenvalue weighted by atomic mass is 14.3. The summed E-state index contributed by atoms with van der Waals surface area (Å²) in [7, 11) is 0. The van der Waals surface area contributed by atoms with Crippen LogP contribution in [0.4, 0.5) is 0 Å². The maximum absolute atomic E-state index is 2.36. The Hall–Kier alpha value is -1.82. The minimum absolute atomic E-state index is 0.636. The Morgan fingerprint density at radius 1 is 0.842 bits per heavy atom. The molecular weight excluding hydrogens is 228 g/mol. The van der Waals surface area contributed by atoms with Gasteiger partial charge in [-0.3, -0.25) is 0 Å². The number of hydrogen-bond donors (Lipinski definition) is 0. The van der Waals surface area contributed by atoms with E-state index in [9.17, 15) is 0 Å². The monoisotopic (exact) mass is 248 g/mol.